The summed E-state index contributed by atoms with van der Waals surface area (Å²) in [5.74, 6) is -1.36. The molecule has 156 valence electrons. The van der Waals surface area contributed by atoms with Gasteiger partial charge in [0, 0.05) is 13.1 Å². The minimum Gasteiger partial charge on any atom is -0.462 e. The number of morpholine rings is 1. The van der Waals surface area contributed by atoms with Crippen molar-refractivity contribution >= 4 is 34.2 Å². The van der Waals surface area contributed by atoms with Gasteiger partial charge in [-0.05, 0) is 40.2 Å². The summed E-state index contributed by atoms with van der Waals surface area (Å²) in [6, 6.07) is 0. The lowest BCUT2D eigenvalue weighted by Gasteiger charge is -2.34. The lowest BCUT2D eigenvalue weighted by atomic mass is 10.1. The number of thiophene rings is 1. The molecule has 1 fully saturated rings. The number of amides is 1. The molecule has 9 heteroatoms. The van der Waals surface area contributed by atoms with E-state index in [2.05, 4.69) is 5.32 Å². The molecular formula is C19H28N2O6S. The van der Waals surface area contributed by atoms with Crippen molar-refractivity contribution in [1.29, 1.82) is 0 Å². The Hall–Kier alpha value is -1.97. The van der Waals surface area contributed by atoms with E-state index >= 15 is 0 Å². The third-order valence-corrected chi connectivity index (χ3v) is 5.39. The fraction of sp³-hybridized carbons (Fsp3) is 0.632. The molecule has 0 unspecified atom stereocenters. The molecular weight excluding hydrogens is 384 g/mol. The van der Waals surface area contributed by atoms with E-state index in [0.717, 1.165) is 11.3 Å². The van der Waals surface area contributed by atoms with E-state index in [-0.39, 0.29) is 48.3 Å². The van der Waals surface area contributed by atoms with Gasteiger partial charge in [0.1, 0.15) is 9.88 Å². The number of nitrogens with one attached hydrogen (secondary N) is 1. The van der Waals surface area contributed by atoms with Crippen LogP contribution in [0.2, 0.25) is 0 Å². The molecule has 2 heterocycles. The molecule has 8 nitrogen and oxygen atoms in total. The van der Waals surface area contributed by atoms with Gasteiger partial charge in [-0.1, -0.05) is 0 Å². The van der Waals surface area contributed by atoms with Gasteiger partial charge < -0.3 is 19.5 Å². The van der Waals surface area contributed by atoms with Crippen molar-refractivity contribution in [1.82, 2.24) is 4.90 Å². The number of nitrogens with zero attached hydrogens (tertiary/aromatic N) is 1. The number of carbonyl (C=O) groups is 3. The minimum absolute atomic E-state index is 0.0473. The molecule has 2 rings (SSSR count). The van der Waals surface area contributed by atoms with Crippen molar-refractivity contribution in [2.45, 2.75) is 46.8 Å². The molecule has 2 atom stereocenters. The zero-order valence-corrected chi connectivity index (χ0v) is 17.8. The standard InChI is InChI=1S/C19H28N2O6S/c1-6-25-18(23)15-13(5)16(19(24)26-7-2)28-17(15)20-14(22)10-21-8-11(3)27-12(4)9-21/h11-12H,6-10H2,1-5H3,(H,20,22)/t11-,12-/m1/s1. The lowest BCUT2D eigenvalue weighted by molar-refractivity contribution is -0.121. The van der Waals surface area contributed by atoms with E-state index in [1.807, 2.05) is 18.7 Å². The monoisotopic (exact) mass is 412 g/mol. The zero-order chi connectivity index (χ0) is 20.8. The molecule has 1 saturated heterocycles. The highest BCUT2D eigenvalue weighted by Crippen LogP contribution is 2.34. The first-order valence-corrected chi connectivity index (χ1v) is 10.2. The average Bonchev–Trinajstić information content (AvgIpc) is 2.90. The van der Waals surface area contributed by atoms with Gasteiger partial charge in [0.25, 0.3) is 0 Å². The van der Waals surface area contributed by atoms with E-state index < -0.39 is 11.9 Å². The van der Waals surface area contributed by atoms with E-state index in [9.17, 15) is 14.4 Å². The Kier molecular flexibility index (Phi) is 7.97. The van der Waals surface area contributed by atoms with Gasteiger partial charge in [-0.3, -0.25) is 9.69 Å². The van der Waals surface area contributed by atoms with Gasteiger partial charge in [-0.25, -0.2) is 9.59 Å². The fourth-order valence-electron chi connectivity index (χ4n) is 3.22. The first-order valence-electron chi connectivity index (χ1n) is 9.42. The number of anilines is 1. The zero-order valence-electron chi connectivity index (χ0n) is 17.0. The Morgan fingerprint density at radius 2 is 1.68 bits per heavy atom. The smallest absolute Gasteiger partial charge is 0.348 e. The summed E-state index contributed by atoms with van der Waals surface area (Å²) >= 11 is 1.03. The van der Waals surface area contributed by atoms with Gasteiger partial charge in [-0.2, -0.15) is 0 Å². The highest BCUT2D eigenvalue weighted by atomic mass is 32.1. The van der Waals surface area contributed by atoms with Crippen LogP contribution >= 0.6 is 11.3 Å². The third-order valence-electron chi connectivity index (χ3n) is 4.20. The summed E-state index contributed by atoms with van der Waals surface area (Å²) in [5.41, 5.74) is 0.651. The summed E-state index contributed by atoms with van der Waals surface area (Å²) in [6.45, 7) is 10.9. The molecule has 1 aliphatic rings. The maximum atomic E-state index is 12.6. The van der Waals surface area contributed by atoms with Crippen LogP contribution in [0.3, 0.4) is 0 Å². The second kappa shape index (κ2) is 9.99. The molecule has 1 aromatic heterocycles. The molecule has 0 aromatic carbocycles. The largest absolute Gasteiger partial charge is 0.462 e. The maximum Gasteiger partial charge on any atom is 0.348 e. The van der Waals surface area contributed by atoms with Crippen LogP contribution in [-0.2, 0) is 19.0 Å². The predicted octanol–water partition coefficient (Wildman–Crippen LogP) is 2.46. The normalized spacial score (nSPS) is 19.9. The van der Waals surface area contributed by atoms with E-state index in [1.54, 1.807) is 20.8 Å². The lowest BCUT2D eigenvalue weighted by Crippen LogP contribution is -2.48. The number of hydrogen-bond donors (Lipinski definition) is 1. The van der Waals surface area contributed by atoms with E-state index in [0.29, 0.717) is 23.7 Å². The van der Waals surface area contributed by atoms with Crippen LogP contribution in [0.4, 0.5) is 5.00 Å². The summed E-state index contributed by atoms with van der Waals surface area (Å²) < 4.78 is 15.8. The molecule has 28 heavy (non-hydrogen) atoms. The first-order chi connectivity index (χ1) is 13.3. The molecule has 1 aromatic rings. The summed E-state index contributed by atoms with van der Waals surface area (Å²) in [6.07, 6.45) is 0.0945. The average molecular weight is 413 g/mol. The van der Waals surface area contributed by atoms with Crippen molar-refractivity contribution in [3.63, 3.8) is 0 Å². The second-order valence-corrected chi connectivity index (χ2v) is 7.72. The Balaban J connectivity index is 2.20. The third kappa shape index (κ3) is 5.52. The van der Waals surface area contributed by atoms with Crippen molar-refractivity contribution in [3.05, 3.63) is 16.0 Å². The van der Waals surface area contributed by atoms with Crippen molar-refractivity contribution in [3.8, 4) is 0 Å². The highest BCUT2D eigenvalue weighted by Gasteiger charge is 2.28. The fourth-order valence-corrected chi connectivity index (χ4v) is 4.33. The van der Waals surface area contributed by atoms with Crippen LogP contribution < -0.4 is 5.32 Å². The Labute approximate surface area is 169 Å². The number of hydrogen-bond acceptors (Lipinski definition) is 8. The maximum absolute atomic E-state index is 12.6. The Morgan fingerprint density at radius 3 is 2.25 bits per heavy atom. The topological polar surface area (TPSA) is 94.2 Å². The summed E-state index contributed by atoms with van der Waals surface area (Å²) in [7, 11) is 0. The molecule has 1 amide bonds. The van der Waals surface area contributed by atoms with E-state index in [1.165, 1.54) is 0 Å². The number of rotatable bonds is 7. The Bertz CT molecular complexity index is 722. The molecule has 0 bridgehead atoms. The number of carbonyl (C=O) groups excluding carboxylic acids is 3. The van der Waals surface area contributed by atoms with Gasteiger partial charge in [0.05, 0.1) is 37.5 Å². The van der Waals surface area contributed by atoms with Crippen LogP contribution in [0, 0.1) is 6.92 Å². The highest BCUT2D eigenvalue weighted by molar-refractivity contribution is 7.18. The molecule has 1 aliphatic heterocycles. The van der Waals surface area contributed by atoms with Gasteiger partial charge in [-0.15, -0.1) is 11.3 Å². The molecule has 0 aliphatic carbocycles. The van der Waals surface area contributed by atoms with Crippen LogP contribution in [-0.4, -0.2) is 67.8 Å². The number of esters is 2. The SMILES string of the molecule is CCOC(=O)c1sc(NC(=O)CN2C[C@@H](C)O[C@H](C)C2)c(C(=O)OCC)c1C. The minimum atomic E-state index is -0.573. The predicted molar refractivity (Wildman–Crippen MR) is 106 cm³/mol. The molecule has 0 saturated carbocycles. The van der Waals surface area contributed by atoms with Gasteiger partial charge >= 0.3 is 11.9 Å². The van der Waals surface area contributed by atoms with Crippen LogP contribution in [0.1, 0.15) is 53.3 Å². The summed E-state index contributed by atoms with van der Waals surface area (Å²) in [5, 5.41) is 3.08. The van der Waals surface area contributed by atoms with Crippen molar-refractivity contribution in [2.24, 2.45) is 0 Å². The second-order valence-electron chi connectivity index (χ2n) is 6.70. The van der Waals surface area contributed by atoms with Crippen molar-refractivity contribution in [2.75, 3.05) is 38.2 Å². The molecule has 1 N–H and O–H groups in total. The van der Waals surface area contributed by atoms with Crippen LogP contribution in [0.5, 0.6) is 0 Å². The quantitative estimate of drug-likeness (QED) is 0.688. The summed E-state index contributed by atoms with van der Waals surface area (Å²) in [4.78, 5) is 39.5. The van der Waals surface area contributed by atoms with Gasteiger partial charge in [0.15, 0.2) is 0 Å². The van der Waals surface area contributed by atoms with Crippen molar-refractivity contribution < 1.29 is 28.6 Å². The molecule has 0 spiro atoms. The first kappa shape index (κ1) is 22.3. The molecule has 0 radical (unpaired) electrons. The Morgan fingerprint density at radius 1 is 1.11 bits per heavy atom. The van der Waals surface area contributed by atoms with Crippen LogP contribution in [0.25, 0.3) is 0 Å². The van der Waals surface area contributed by atoms with E-state index in [4.69, 9.17) is 14.2 Å². The van der Waals surface area contributed by atoms with Gasteiger partial charge in [0.2, 0.25) is 5.91 Å². The number of ether oxygens (including phenoxy) is 3. The van der Waals surface area contributed by atoms with Crippen LogP contribution in [0.15, 0.2) is 0 Å².